The maximum Gasteiger partial charge on any atom is 0.0716 e. The second-order valence-corrected chi connectivity index (χ2v) is 8.04. The third kappa shape index (κ3) is 7.87. The smallest absolute Gasteiger partial charge is 0.0716 e. The van der Waals surface area contributed by atoms with E-state index in [0.717, 1.165) is 26.1 Å². The Hall–Kier alpha value is -2.38. The van der Waals surface area contributed by atoms with Gasteiger partial charge in [-0.2, -0.15) is 0 Å². The molecular weight excluding hydrogens is 352 g/mol. The molecule has 0 spiro atoms. The van der Waals surface area contributed by atoms with E-state index in [1.165, 1.54) is 47.9 Å². The van der Waals surface area contributed by atoms with Crippen molar-refractivity contribution < 1.29 is 4.74 Å². The summed E-state index contributed by atoms with van der Waals surface area (Å²) in [6.07, 6.45) is 7.35. The summed E-state index contributed by atoms with van der Waals surface area (Å²) < 4.78 is 5.81. The lowest BCUT2D eigenvalue weighted by molar-refractivity contribution is 0.116. The maximum atomic E-state index is 5.81. The Balaban J connectivity index is 1.38. The fourth-order valence-corrected chi connectivity index (χ4v) is 3.84. The third-order valence-corrected chi connectivity index (χ3v) is 5.58. The van der Waals surface area contributed by atoms with Gasteiger partial charge in [-0.3, -0.25) is 0 Å². The van der Waals surface area contributed by atoms with E-state index in [-0.39, 0.29) is 0 Å². The van der Waals surface area contributed by atoms with Crippen molar-refractivity contribution in [2.75, 3.05) is 6.61 Å². The molecule has 0 fully saturated rings. The summed E-state index contributed by atoms with van der Waals surface area (Å²) in [4.78, 5) is 0. The molecule has 0 heterocycles. The predicted molar refractivity (Wildman–Crippen MR) is 123 cm³/mol. The Morgan fingerprint density at radius 2 is 1.28 bits per heavy atom. The van der Waals surface area contributed by atoms with Crippen LogP contribution in [0.5, 0.6) is 0 Å². The number of aryl methyl sites for hydroxylation is 1. The molecule has 0 aromatic heterocycles. The molecule has 0 saturated heterocycles. The molecule has 29 heavy (non-hydrogen) atoms. The maximum absolute atomic E-state index is 5.81. The molecule has 0 aliphatic rings. The van der Waals surface area contributed by atoms with Crippen molar-refractivity contribution in [1.82, 2.24) is 0 Å². The van der Waals surface area contributed by atoms with E-state index in [2.05, 4.69) is 85.8 Å². The normalized spacial score (nSPS) is 12.0. The standard InChI is InChI=1S/C28H34O/c1-24-17-19-27(20-18-24)28(22-25-12-6-4-7-13-25)16-10-2-3-11-21-29-23-26-14-8-5-9-15-26/h4-9,12-15,17-20,28H,2-3,10-11,16,21-23H2,1H3. The molecule has 3 aromatic rings. The van der Waals surface area contributed by atoms with Gasteiger partial charge in [-0.25, -0.2) is 0 Å². The van der Waals surface area contributed by atoms with Crippen molar-refractivity contribution in [2.24, 2.45) is 0 Å². The van der Waals surface area contributed by atoms with Gasteiger partial charge in [-0.15, -0.1) is 0 Å². The molecule has 0 N–H and O–H groups in total. The predicted octanol–water partition coefficient (Wildman–Crippen LogP) is 7.49. The van der Waals surface area contributed by atoms with Crippen LogP contribution in [0.2, 0.25) is 0 Å². The SMILES string of the molecule is Cc1ccc(C(CCCCCCOCc2ccccc2)Cc2ccccc2)cc1. The molecule has 0 aliphatic heterocycles. The first-order chi connectivity index (χ1) is 14.3. The topological polar surface area (TPSA) is 9.23 Å². The Labute approximate surface area is 176 Å². The highest BCUT2D eigenvalue weighted by atomic mass is 16.5. The second kappa shape index (κ2) is 12.2. The lowest BCUT2D eigenvalue weighted by Crippen LogP contribution is -2.04. The molecule has 3 rings (SSSR count). The van der Waals surface area contributed by atoms with E-state index in [1.54, 1.807) is 0 Å². The number of hydrogen-bond donors (Lipinski definition) is 0. The van der Waals surface area contributed by atoms with E-state index >= 15 is 0 Å². The minimum Gasteiger partial charge on any atom is -0.377 e. The van der Waals surface area contributed by atoms with Gasteiger partial charge in [0.1, 0.15) is 0 Å². The third-order valence-electron chi connectivity index (χ3n) is 5.58. The highest BCUT2D eigenvalue weighted by molar-refractivity contribution is 5.27. The van der Waals surface area contributed by atoms with Gasteiger partial charge in [0.05, 0.1) is 6.61 Å². The Bertz CT molecular complexity index is 793. The molecule has 3 aromatic carbocycles. The molecule has 0 amide bonds. The van der Waals surface area contributed by atoms with Crippen molar-refractivity contribution in [1.29, 1.82) is 0 Å². The number of benzene rings is 3. The molecule has 1 atom stereocenters. The molecule has 0 saturated carbocycles. The van der Waals surface area contributed by atoms with Crippen molar-refractivity contribution >= 4 is 0 Å². The minimum absolute atomic E-state index is 0.604. The molecule has 0 aliphatic carbocycles. The quantitative estimate of drug-likeness (QED) is 0.293. The van der Waals surface area contributed by atoms with Crippen LogP contribution in [-0.2, 0) is 17.8 Å². The van der Waals surface area contributed by atoms with Gasteiger partial charge in [0, 0.05) is 6.61 Å². The van der Waals surface area contributed by atoms with Gasteiger partial charge in [0.25, 0.3) is 0 Å². The summed E-state index contributed by atoms with van der Waals surface area (Å²) in [7, 11) is 0. The highest BCUT2D eigenvalue weighted by Crippen LogP contribution is 2.27. The van der Waals surface area contributed by atoms with Gasteiger partial charge in [0.15, 0.2) is 0 Å². The van der Waals surface area contributed by atoms with Crippen molar-refractivity contribution in [3.63, 3.8) is 0 Å². The zero-order valence-corrected chi connectivity index (χ0v) is 17.7. The van der Waals surface area contributed by atoms with Gasteiger partial charge < -0.3 is 4.74 Å². The van der Waals surface area contributed by atoms with Crippen LogP contribution in [-0.4, -0.2) is 6.61 Å². The summed E-state index contributed by atoms with van der Waals surface area (Å²) in [6, 6.07) is 30.5. The number of ether oxygens (including phenoxy) is 1. The first kappa shape index (κ1) is 21.3. The zero-order chi connectivity index (χ0) is 20.2. The van der Waals surface area contributed by atoms with E-state index in [1.807, 2.05) is 6.07 Å². The Morgan fingerprint density at radius 3 is 1.97 bits per heavy atom. The fourth-order valence-electron chi connectivity index (χ4n) is 3.84. The van der Waals surface area contributed by atoms with Gasteiger partial charge >= 0.3 is 0 Å². The molecule has 1 nitrogen and oxygen atoms in total. The van der Waals surface area contributed by atoms with E-state index < -0.39 is 0 Å². The fraction of sp³-hybridized carbons (Fsp3) is 0.357. The van der Waals surface area contributed by atoms with Crippen LogP contribution in [0.15, 0.2) is 84.9 Å². The molecule has 1 unspecified atom stereocenters. The van der Waals surface area contributed by atoms with Crippen LogP contribution >= 0.6 is 0 Å². The van der Waals surface area contributed by atoms with Crippen LogP contribution in [0.25, 0.3) is 0 Å². The molecule has 0 radical (unpaired) electrons. The molecule has 1 heteroatoms. The van der Waals surface area contributed by atoms with Crippen LogP contribution in [0.3, 0.4) is 0 Å². The average Bonchev–Trinajstić information content (AvgIpc) is 2.77. The monoisotopic (exact) mass is 386 g/mol. The van der Waals surface area contributed by atoms with Gasteiger partial charge in [-0.1, -0.05) is 110 Å². The second-order valence-electron chi connectivity index (χ2n) is 8.04. The number of hydrogen-bond acceptors (Lipinski definition) is 1. The van der Waals surface area contributed by atoms with Crippen molar-refractivity contribution in [3.05, 3.63) is 107 Å². The van der Waals surface area contributed by atoms with Crippen molar-refractivity contribution in [2.45, 2.75) is 58.0 Å². The first-order valence-electron chi connectivity index (χ1n) is 11.0. The first-order valence-corrected chi connectivity index (χ1v) is 11.0. The zero-order valence-electron chi connectivity index (χ0n) is 17.7. The molecular formula is C28H34O. The van der Waals surface area contributed by atoms with Crippen LogP contribution in [0.4, 0.5) is 0 Å². The molecule has 0 bridgehead atoms. The minimum atomic E-state index is 0.604. The Morgan fingerprint density at radius 1 is 0.655 bits per heavy atom. The summed E-state index contributed by atoms with van der Waals surface area (Å²) >= 11 is 0. The summed E-state index contributed by atoms with van der Waals surface area (Å²) in [5, 5.41) is 0. The van der Waals surface area contributed by atoms with Gasteiger partial charge in [0.2, 0.25) is 0 Å². The Kier molecular flexibility index (Phi) is 9.00. The summed E-state index contributed by atoms with van der Waals surface area (Å²) in [5.41, 5.74) is 5.51. The summed E-state index contributed by atoms with van der Waals surface area (Å²) in [6.45, 7) is 3.75. The lowest BCUT2D eigenvalue weighted by atomic mass is 9.87. The largest absolute Gasteiger partial charge is 0.377 e. The highest BCUT2D eigenvalue weighted by Gasteiger charge is 2.12. The van der Waals surface area contributed by atoms with Gasteiger partial charge in [-0.05, 0) is 48.8 Å². The van der Waals surface area contributed by atoms with Crippen LogP contribution < -0.4 is 0 Å². The molecule has 152 valence electrons. The number of rotatable bonds is 12. The number of unbranched alkanes of at least 4 members (excludes halogenated alkanes) is 3. The van der Waals surface area contributed by atoms with E-state index in [9.17, 15) is 0 Å². The van der Waals surface area contributed by atoms with Crippen molar-refractivity contribution in [3.8, 4) is 0 Å². The van der Waals surface area contributed by atoms with E-state index in [0.29, 0.717) is 5.92 Å². The summed E-state index contributed by atoms with van der Waals surface area (Å²) in [5.74, 6) is 0.604. The van der Waals surface area contributed by atoms with E-state index in [4.69, 9.17) is 4.74 Å². The van der Waals surface area contributed by atoms with Crippen LogP contribution in [0.1, 0.15) is 60.3 Å². The average molecular weight is 387 g/mol. The lowest BCUT2D eigenvalue weighted by Gasteiger charge is -2.18. The van der Waals surface area contributed by atoms with Crippen LogP contribution in [0, 0.1) is 6.92 Å².